The van der Waals surface area contributed by atoms with Gasteiger partial charge >= 0.3 is 6.16 Å². The highest BCUT2D eigenvalue weighted by molar-refractivity contribution is 8.39. The Morgan fingerprint density at radius 1 is 0.986 bits per heavy atom. The van der Waals surface area contributed by atoms with Crippen molar-refractivity contribution in [3.63, 3.8) is 0 Å². The zero-order valence-corrected chi connectivity index (χ0v) is 42.5. The van der Waals surface area contributed by atoms with Crippen LogP contribution in [0.2, 0.25) is 0 Å². The second kappa shape index (κ2) is 25.7. The summed E-state index contributed by atoms with van der Waals surface area (Å²) >= 11 is 1.48. The molecule has 2 aromatic carbocycles. The molecular formula is C53H66N4O11S2. The predicted molar refractivity (Wildman–Crippen MR) is 274 cm³/mol. The number of methoxy groups -OCH3 is 1. The normalized spacial score (nSPS) is 26.2. The summed E-state index contributed by atoms with van der Waals surface area (Å²) in [6.07, 6.45) is 14.5. The quantitative estimate of drug-likeness (QED) is 0.0552. The van der Waals surface area contributed by atoms with E-state index < -0.39 is 22.3 Å². The van der Waals surface area contributed by atoms with Gasteiger partial charge in [0.2, 0.25) is 6.41 Å². The lowest BCUT2D eigenvalue weighted by atomic mass is 9.58. The van der Waals surface area contributed by atoms with Crippen LogP contribution >= 0.6 is 21.8 Å². The number of benzene rings is 2. The number of fused-ring (bicyclic) bond motifs is 6. The molecule has 2 aliphatic heterocycles. The number of ether oxygens (including phenoxy) is 5. The molecular weight excluding hydrogens is 933 g/mol. The predicted octanol–water partition coefficient (Wildman–Crippen LogP) is 8.06. The summed E-state index contributed by atoms with van der Waals surface area (Å²) in [5, 5.41) is 21.7. The Morgan fingerprint density at radius 2 is 1.71 bits per heavy atom. The van der Waals surface area contributed by atoms with Crippen LogP contribution in [0, 0.1) is 29.1 Å². The Morgan fingerprint density at radius 3 is 2.43 bits per heavy atom. The number of carbonyl (C=O) groups is 5. The van der Waals surface area contributed by atoms with Gasteiger partial charge < -0.3 is 34.1 Å². The highest BCUT2D eigenvalue weighted by Crippen LogP contribution is 2.73. The van der Waals surface area contributed by atoms with Gasteiger partial charge in [0.15, 0.2) is 24.5 Å². The molecule has 2 aromatic heterocycles. The van der Waals surface area contributed by atoms with Crippen LogP contribution in [-0.4, -0.2) is 135 Å². The maximum atomic E-state index is 13.4. The summed E-state index contributed by atoms with van der Waals surface area (Å²) < 4.78 is 27.1. The lowest BCUT2D eigenvalue weighted by molar-refractivity contribution is -0.134. The van der Waals surface area contributed by atoms with E-state index in [0.29, 0.717) is 67.9 Å². The fraction of sp³-hybridized carbons (Fsp3) is 0.453. The minimum atomic E-state index is -1.41. The smallest absolute Gasteiger partial charge is 0.432 e. The van der Waals surface area contributed by atoms with Gasteiger partial charge in [-0.2, -0.15) is 15.1 Å². The third kappa shape index (κ3) is 13.0. The largest absolute Gasteiger partial charge is 0.508 e. The van der Waals surface area contributed by atoms with Gasteiger partial charge in [-0.3, -0.25) is 24.2 Å². The number of hydrogen-bond acceptors (Lipinski definition) is 15. The Balaban J connectivity index is 0.000000227. The summed E-state index contributed by atoms with van der Waals surface area (Å²) in [6, 6.07) is 18.9. The lowest BCUT2D eigenvalue weighted by Gasteiger charge is -2.60. The second-order valence-electron chi connectivity index (χ2n) is 18.1. The number of carbonyl (C=O) groups excluding carboxylic acids is 5. The van der Waals surface area contributed by atoms with Crippen LogP contribution < -0.4 is 5.32 Å². The Labute approximate surface area is 416 Å². The lowest BCUT2D eigenvalue weighted by Crippen LogP contribution is -2.55. The summed E-state index contributed by atoms with van der Waals surface area (Å²) in [5.74, 6) is 0.353. The molecule has 0 spiro atoms. The van der Waals surface area contributed by atoms with Crippen molar-refractivity contribution in [3.8, 4) is 0 Å². The molecule has 4 heterocycles. The first-order valence-corrected chi connectivity index (χ1v) is 26.5. The minimum absolute atomic E-state index is 0.0254. The van der Waals surface area contributed by atoms with E-state index in [4.69, 9.17) is 23.7 Å². The number of pyridine rings is 1. The molecule has 2 N–H and O–H groups in total. The number of aliphatic hydroxyl groups excluding tert-OH is 1. The van der Waals surface area contributed by atoms with Gasteiger partial charge in [-0.1, -0.05) is 49.9 Å². The molecule has 0 amide bonds. The van der Waals surface area contributed by atoms with Crippen molar-refractivity contribution >= 4 is 75.3 Å². The molecule has 4 aliphatic rings. The van der Waals surface area contributed by atoms with Crippen molar-refractivity contribution < 1.29 is 52.8 Å². The first-order valence-electron chi connectivity index (χ1n) is 23.5. The zero-order chi connectivity index (χ0) is 50.3. The third-order valence-corrected chi connectivity index (χ3v) is 18.5. The van der Waals surface area contributed by atoms with E-state index in [-0.39, 0.29) is 53.9 Å². The van der Waals surface area contributed by atoms with E-state index in [9.17, 15) is 29.1 Å². The van der Waals surface area contributed by atoms with Gasteiger partial charge in [0, 0.05) is 45.2 Å². The highest BCUT2D eigenvalue weighted by atomic mass is 32.3. The number of ketones is 2. The van der Waals surface area contributed by atoms with E-state index in [1.165, 1.54) is 21.3 Å². The molecule has 2 saturated carbocycles. The number of nitrogens with zero attached hydrogens (tertiary/aromatic N) is 3. The maximum absolute atomic E-state index is 13.4. The standard InChI is InChI=1S/C29H44O9S.C22H15N3O2S.C2H7N/c1-19-15-23-22-6-5-21-16-20(30)7-14-39(21,4)27(22)24(31)17-29(23,2)26(19)25(32)18-38-28(33)37-13-12-36-11-10-35-9-8-34-3;26-14-16-5-1-2-7-22(16)28-18-9-10-19-20(24-25(15-27)21(19)13-18)11-8-17-6-3-4-12-23-17;1-3-2/h7,14,16,19,22-24,26-27,31H,5-6,8-13,15,17-18H2,1-4H3;1-15H;3H,1-2H3/b;11-8+;/t19-,22?,23?,24?,26?,27?,29?;;/m1../s1. The maximum Gasteiger partial charge on any atom is 0.508 e. The number of aliphatic hydroxyl groups is 1. The molecule has 376 valence electrons. The Hall–Kier alpha value is -5.27. The molecule has 4 aromatic rings. The van der Waals surface area contributed by atoms with Gasteiger partial charge in [0.25, 0.3) is 0 Å². The van der Waals surface area contributed by atoms with Crippen LogP contribution in [0.25, 0.3) is 23.1 Å². The molecule has 0 radical (unpaired) electrons. The van der Waals surface area contributed by atoms with Crippen molar-refractivity contribution in [1.29, 1.82) is 0 Å². The van der Waals surface area contributed by atoms with E-state index in [0.717, 1.165) is 46.4 Å². The van der Waals surface area contributed by atoms with E-state index in [1.54, 1.807) is 31.5 Å². The Bertz CT molecular complexity index is 2530. The first-order chi connectivity index (χ1) is 33.8. The molecule has 17 heteroatoms. The molecule has 3 fully saturated rings. The Kier molecular flexibility index (Phi) is 19.9. The molecule has 8 rings (SSSR count). The van der Waals surface area contributed by atoms with E-state index in [2.05, 4.69) is 40.9 Å². The molecule has 1 saturated heterocycles. The summed E-state index contributed by atoms with van der Waals surface area (Å²) in [4.78, 5) is 67.5. The first kappa shape index (κ1) is 54.1. The summed E-state index contributed by atoms with van der Waals surface area (Å²) in [7, 11) is 3.94. The van der Waals surface area contributed by atoms with Crippen molar-refractivity contribution in [1.82, 2.24) is 20.1 Å². The minimum Gasteiger partial charge on any atom is -0.432 e. The van der Waals surface area contributed by atoms with Gasteiger partial charge in [0.05, 0.1) is 56.0 Å². The van der Waals surface area contributed by atoms with Crippen molar-refractivity contribution in [3.05, 3.63) is 106 Å². The number of rotatable bonds is 18. The molecule has 7 unspecified atom stereocenters. The zero-order valence-electron chi connectivity index (χ0n) is 40.8. The van der Waals surface area contributed by atoms with Gasteiger partial charge in [-0.15, -0.1) is 0 Å². The van der Waals surface area contributed by atoms with Gasteiger partial charge in [-0.05, 0) is 140 Å². The van der Waals surface area contributed by atoms with Crippen LogP contribution in [0.15, 0.2) is 99.1 Å². The molecule has 8 atom stereocenters. The molecule has 15 nitrogen and oxygen atoms in total. The number of nitrogens with one attached hydrogen (secondary N) is 1. The second-order valence-corrected chi connectivity index (χ2v) is 22.7. The van der Waals surface area contributed by atoms with Crippen LogP contribution in [0.5, 0.6) is 0 Å². The number of Topliss-reactive ketones (excluding diaryl/α,β-unsaturated/α-hetero) is 1. The highest BCUT2D eigenvalue weighted by Gasteiger charge is 2.63. The summed E-state index contributed by atoms with van der Waals surface area (Å²) in [5.41, 5.74) is 2.49. The molecule has 2 aliphatic carbocycles. The number of aromatic nitrogens is 3. The van der Waals surface area contributed by atoms with Crippen molar-refractivity contribution in [2.45, 2.75) is 60.7 Å². The van der Waals surface area contributed by atoms with E-state index >= 15 is 0 Å². The van der Waals surface area contributed by atoms with Crippen molar-refractivity contribution in [2.75, 3.05) is 73.7 Å². The number of allylic oxidation sites excluding steroid dienone is 3. The third-order valence-electron chi connectivity index (χ3n) is 13.5. The van der Waals surface area contributed by atoms with Crippen LogP contribution in [-0.2, 0) is 38.1 Å². The SMILES string of the molecule is CNC.COCCOCCOCCOC(=O)OCC(=O)C1[C@H](C)CC2C3CCC4=CC(=O)C=CS4(C)C3C(O)CC21C.O=Cc1ccccc1Sc1ccc2c(/C=C/c3ccccn3)nn(C=O)c2c1. The number of hydrogen-bond donors (Lipinski definition) is 2. The monoisotopic (exact) mass is 998 g/mol. The number of aldehydes is 1. The van der Waals surface area contributed by atoms with Crippen LogP contribution in [0.1, 0.15) is 61.3 Å². The van der Waals surface area contributed by atoms with Crippen LogP contribution in [0.4, 0.5) is 4.79 Å². The average molecular weight is 999 g/mol. The van der Waals surface area contributed by atoms with Crippen molar-refractivity contribution in [2.24, 2.45) is 29.1 Å². The molecule has 70 heavy (non-hydrogen) atoms. The van der Waals surface area contributed by atoms with Gasteiger partial charge in [0.1, 0.15) is 6.61 Å². The molecule has 0 bridgehead atoms. The average Bonchev–Trinajstić information content (AvgIpc) is 3.84. The van der Waals surface area contributed by atoms with E-state index in [1.807, 2.05) is 80.8 Å². The fourth-order valence-electron chi connectivity index (χ4n) is 10.7. The van der Waals surface area contributed by atoms with Gasteiger partial charge in [-0.25, -0.2) is 9.48 Å². The topological polar surface area (TPSA) is 194 Å². The van der Waals surface area contributed by atoms with Crippen LogP contribution in [0.3, 0.4) is 0 Å². The fourth-order valence-corrected chi connectivity index (χ4v) is 15.5. The summed E-state index contributed by atoms with van der Waals surface area (Å²) in [6.45, 7) is 5.95.